The number of hydrogen-bond donors (Lipinski definition) is 1. The quantitative estimate of drug-likeness (QED) is 0.731. The molecule has 0 aromatic heterocycles. The monoisotopic (exact) mass is 382 g/mol. The molecule has 2 aromatic rings. The fraction of sp³-hybridized carbons (Fsp3) is 0.250. The molecular weight excluding hydrogens is 364 g/mol. The first-order valence-electron chi connectivity index (χ1n) is 8.52. The molecule has 1 atom stereocenters. The van der Waals surface area contributed by atoms with Gasteiger partial charge in [0, 0.05) is 0 Å². The third kappa shape index (κ3) is 4.92. The molecule has 2 aromatic carbocycles. The minimum absolute atomic E-state index is 0.181. The van der Waals surface area contributed by atoms with Crippen molar-refractivity contribution in [2.24, 2.45) is 0 Å². The molecule has 1 aliphatic heterocycles. The fourth-order valence-electron chi connectivity index (χ4n) is 2.50. The lowest BCUT2D eigenvalue weighted by Crippen LogP contribution is -2.31. The second-order valence-corrected chi connectivity index (χ2v) is 5.99. The van der Waals surface area contributed by atoms with Gasteiger partial charge in [0.2, 0.25) is 6.79 Å². The molecule has 0 unspecified atom stereocenters. The van der Waals surface area contributed by atoms with Crippen molar-refractivity contribution < 1.29 is 28.5 Å². The van der Waals surface area contributed by atoms with Crippen LogP contribution < -0.4 is 19.5 Å². The van der Waals surface area contributed by atoms with E-state index in [1.54, 1.807) is 36.4 Å². The Morgan fingerprint density at radius 1 is 1.14 bits per heavy atom. The molecule has 0 spiro atoms. The highest BCUT2D eigenvalue weighted by Gasteiger charge is 2.17. The summed E-state index contributed by atoms with van der Waals surface area (Å²) in [5.41, 5.74) is 1.33. The Morgan fingerprint density at radius 2 is 1.89 bits per heavy atom. The van der Waals surface area contributed by atoms with E-state index in [9.17, 15) is 9.59 Å². The van der Waals surface area contributed by atoms with Crippen LogP contribution in [0.2, 0.25) is 0 Å². The van der Waals surface area contributed by atoms with Crippen LogP contribution in [-0.4, -0.2) is 31.9 Å². The lowest BCUT2D eigenvalue weighted by molar-refractivity contribution is -0.150. The Labute approximate surface area is 161 Å². The highest BCUT2D eigenvalue weighted by Crippen LogP contribution is 2.34. The summed E-state index contributed by atoms with van der Waals surface area (Å²) in [7, 11) is 0. The van der Waals surface area contributed by atoms with Crippen molar-refractivity contribution in [3.05, 3.63) is 53.6 Å². The number of esters is 1. The summed E-state index contributed by atoms with van der Waals surface area (Å²) in [6.45, 7) is 1.24. The molecule has 1 N–H and O–H groups in total. The van der Waals surface area contributed by atoms with Crippen molar-refractivity contribution in [1.82, 2.24) is 5.32 Å². The van der Waals surface area contributed by atoms with Crippen molar-refractivity contribution in [2.75, 3.05) is 20.0 Å². The first-order chi connectivity index (χ1) is 13.5. The molecule has 8 heteroatoms. The van der Waals surface area contributed by atoms with Crippen LogP contribution >= 0.6 is 0 Å². The van der Waals surface area contributed by atoms with E-state index in [-0.39, 0.29) is 19.4 Å². The number of amides is 1. The molecular formula is C20H18N2O6. The molecule has 144 valence electrons. The average Bonchev–Trinajstić information content (AvgIpc) is 3.19. The molecule has 1 heterocycles. The summed E-state index contributed by atoms with van der Waals surface area (Å²) in [5, 5.41) is 11.5. The van der Waals surface area contributed by atoms with E-state index in [4.69, 9.17) is 24.2 Å². The van der Waals surface area contributed by atoms with Gasteiger partial charge in [-0.1, -0.05) is 6.07 Å². The summed E-state index contributed by atoms with van der Waals surface area (Å²) in [4.78, 5) is 23.7. The van der Waals surface area contributed by atoms with Gasteiger partial charge >= 0.3 is 5.97 Å². The van der Waals surface area contributed by atoms with E-state index in [1.807, 2.05) is 19.1 Å². The number of carbonyl (C=O) groups excluding carboxylic acids is 2. The summed E-state index contributed by atoms with van der Waals surface area (Å²) in [6.07, 6.45) is 0. The standard InChI is InChI=1S/C20H18N2O6/c1-13(15-4-7-17-18(8-15)28-12-27-17)22-19(23)10-26-20(24)11-25-16-5-2-14(9-21)3-6-16/h2-8,13H,10-12H2,1H3,(H,22,23)/t13-/m1/s1. The lowest BCUT2D eigenvalue weighted by atomic mass is 10.1. The minimum Gasteiger partial charge on any atom is -0.482 e. The summed E-state index contributed by atoms with van der Waals surface area (Å²) in [5.74, 6) is 0.618. The maximum absolute atomic E-state index is 12.0. The van der Waals surface area contributed by atoms with Crippen molar-refractivity contribution >= 4 is 11.9 Å². The van der Waals surface area contributed by atoms with Gasteiger partial charge in [-0.15, -0.1) is 0 Å². The SMILES string of the molecule is C[C@@H](NC(=O)COC(=O)COc1ccc(C#N)cc1)c1ccc2c(c1)OCO2. The molecule has 0 fully saturated rings. The number of carbonyl (C=O) groups is 2. The number of rotatable bonds is 7. The van der Waals surface area contributed by atoms with Crippen LogP contribution in [0.5, 0.6) is 17.2 Å². The van der Waals surface area contributed by atoms with E-state index in [2.05, 4.69) is 5.32 Å². The Hall–Kier alpha value is -3.73. The molecule has 0 saturated carbocycles. The normalized spacial score (nSPS) is 12.6. The molecule has 0 aliphatic carbocycles. The van der Waals surface area contributed by atoms with Crippen LogP contribution in [0.3, 0.4) is 0 Å². The lowest BCUT2D eigenvalue weighted by Gasteiger charge is -2.15. The minimum atomic E-state index is -0.671. The first kappa shape index (κ1) is 19.0. The number of nitrogens with zero attached hydrogens (tertiary/aromatic N) is 1. The van der Waals surface area contributed by atoms with E-state index >= 15 is 0 Å². The molecule has 8 nitrogen and oxygen atoms in total. The summed E-state index contributed by atoms with van der Waals surface area (Å²) >= 11 is 0. The second-order valence-electron chi connectivity index (χ2n) is 5.99. The van der Waals surface area contributed by atoms with Gasteiger partial charge in [-0.3, -0.25) is 4.79 Å². The van der Waals surface area contributed by atoms with Crippen LogP contribution in [-0.2, 0) is 14.3 Å². The van der Waals surface area contributed by atoms with Crippen molar-refractivity contribution in [1.29, 1.82) is 5.26 Å². The Kier molecular flexibility index (Phi) is 5.97. The molecule has 3 rings (SSSR count). The maximum Gasteiger partial charge on any atom is 0.344 e. The van der Waals surface area contributed by atoms with E-state index < -0.39 is 18.5 Å². The molecule has 1 amide bonds. The Bertz CT molecular complexity index is 904. The summed E-state index contributed by atoms with van der Waals surface area (Å²) < 4.78 is 20.7. The highest BCUT2D eigenvalue weighted by molar-refractivity contribution is 5.81. The number of fused-ring (bicyclic) bond motifs is 1. The Morgan fingerprint density at radius 3 is 2.64 bits per heavy atom. The van der Waals surface area contributed by atoms with Gasteiger partial charge in [-0.05, 0) is 48.9 Å². The fourth-order valence-corrected chi connectivity index (χ4v) is 2.50. The third-order valence-corrected chi connectivity index (χ3v) is 3.98. The third-order valence-electron chi connectivity index (χ3n) is 3.98. The summed E-state index contributed by atoms with van der Waals surface area (Å²) in [6, 6.07) is 13.4. The number of ether oxygens (including phenoxy) is 4. The zero-order valence-corrected chi connectivity index (χ0v) is 15.1. The molecule has 1 aliphatic rings. The number of nitrogens with one attached hydrogen (secondary N) is 1. The van der Waals surface area contributed by atoms with Gasteiger partial charge in [0.05, 0.1) is 17.7 Å². The number of hydrogen-bond acceptors (Lipinski definition) is 7. The molecule has 0 radical (unpaired) electrons. The largest absolute Gasteiger partial charge is 0.482 e. The van der Waals surface area contributed by atoms with Gasteiger partial charge in [0.15, 0.2) is 24.7 Å². The van der Waals surface area contributed by atoms with Crippen LogP contribution in [0.25, 0.3) is 0 Å². The van der Waals surface area contributed by atoms with Crippen LogP contribution in [0.1, 0.15) is 24.1 Å². The van der Waals surface area contributed by atoms with Crippen molar-refractivity contribution in [2.45, 2.75) is 13.0 Å². The zero-order valence-electron chi connectivity index (χ0n) is 15.1. The van der Waals surface area contributed by atoms with Gasteiger partial charge in [0.1, 0.15) is 5.75 Å². The average molecular weight is 382 g/mol. The van der Waals surface area contributed by atoms with Gasteiger partial charge < -0.3 is 24.3 Å². The maximum atomic E-state index is 12.0. The Balaban J connectivity index is 1.40. The topological polar surface area (TPSA) is 107 Å². The number of benzene rings is 2. The van der Waals surface area contributed by atoms with E-state index in [0.29, 0.717) is 22.8 Å². The van der Waals surface area contributed by atoms with Gasteiger partial charge in [-0.2, -0.15) is 5.26 Å². The smallest absolute Gasteiger partial charge is 0.344 e. The number of nitriles is 1. The van der Waals surface area contributed by atoms with Crippen LogP contribution in [0.15, 0.2) is 42.5 Å². The van der Waals surface area contributed by atoms with Crippen molar-refractivity contribution in [3.8, 4) is 23.3 Å². The predicted octanol–water partition coefficient (Wildman–Crippen LogP) is 2.09. The predicted molar refractivity (Wildman–Crippen MR) is 96.7 cm³/mol. The molecule has 0 saturated heterocycles. The van der Waals surface area contributed by atoms with E-state index in [1.165, 1.54) is 0 Å². The van der Waals surface area contributed by atoms with Crippen LogP contribution in [0.4, 0.5) is 0 Å². The van der Waals surface area contributed by atoms with Gasteiger partial charge in [0.25, 0.3) is 5.91 Å². The van der Waals surface area contributed by atoms with Crippen molar-refractivity contribution in [3.63, 3.8) is 0 Å². The highest BCUT2D eigenvalue weighted by atomic mass is 16.7. The second kappa shape index (κ2) is 8.77. The molecule has 0 bridgehead atoms. The zero-order chi connectivity index (χ0) is 19.9. The molecule has 28 heavy (non-hydrogen) atoms. The van der Waals surface area contributed by atoms with Gasteiger partial charge in [-0.25, -0.2) is 4.79 Å². The first-order valence-corrected chi connectivity index (χ1v) is 8.52. The van der Waals surface area contributed by atoms with E-state index in [0.717, 1.165) is 5.56 Å². The van der Waals surface area contributed by atoms with Crippen LogP contribution in [0, 0.1) is 11.3 Å².